The van der Waals surface area contributed by atoms with Gasteiger partial charge in [0.25, 0.3) is 0 Å². The maximum atomic E-state index is 5.20. The lowest BCUT2D eigenvalue weighted by molar-refractivity contribution is 1.08. The summed E-state index contributed by atoms with van der Waals surface area (Å²) in [4.78, 5) is 15.4. The smallest absolute Gasteiger partial charge is 0.164 e. The lowest BCUT2D eigenvalue weighted by atomic mass is 9.95. The summed E-state index contributed by atoms with van der Waals surface area (Å²) in [5.41, 5.74) is 9.72. The molecule has 5 nitrogen and oxygen atoms in total. The van der Waals surface area contributed by atoms with Crippen LogP contribution in [-0.4, -0.2) is 24.1 Å². The van der Waals surface area contributed by atoms with Crippen molar-refractivity contribution in [1.29, 1.82) is 0 Å². The second-order valence-electron chi connectivity index (χ2n) is 16.7. The van der Waals surface area contributed by atoms with Crippen LogP contribution in [0.25, 0.3) is 131 Å². The number of fused-ring (bicyclic) bond motifs is 15. The molecule has 302 valence electrons. The number of hydrogen-bond acceptors (Lipinski definition) is 4. The van der Waals surface area contributed by atoms with Gasteiger partial charge in [-0.25, -0.2) is 15.0 Å². The molecule has 0 atom stereocenters. The van der Waals surface area contributed by atoms with Crippen molar-refractivity contribution >= 4 is 96.7 Å². The summed E-state index contributed by atoms with van der Waals surface area (Å²) in [6, 6.07) is 76.0. The number of benzene rings is 10. The third kappa shape index (κ3) is 5.29. The predicted octanol–water partition coefficient (Wildman–Crippen LogP) is 15.7. The minimum absolute atomic E-state index is 0.632. The monoisotopic (exact) mass is 845 g/mol. The van der Waals surface area contributed by atoms with E-state index < -0.39 is 0 Å². The first kappa shape index (κ1) is 36.1. The van der Waals surface area contributed by atoms with Crippen LogP contribution >= 0.6 is 11.3 Å². The normalized spacial score (nSPS) is 12.0. The molecule has 0 bridgehead atoms. The second-order valence-corrected chi connectivity index (χ2v) is 17.7. The zero-order chi connectivity index (χ0) is 42.6. The van der Waals surface area contributed by atoms with Gasteiger partial charge in [-0.2, -0.15) is 0 Å². The van der Waals surface area contributed by atoms with Gasteiger partial charge in [0, 0.05) is 74.9 Å². The van der Waals surface area contributed by atoms with E-state index in [1.807, 2.05) is 47.7 Å². The van der Waals surface area contributed by atoms with Crippen molar-refractivity contribution in [2.24, 2.45) is 0 Å². The van der Waals surface area contributed by atoms with Crippen molar-refractivity contribution in [3.8, 4) is 45.5 Å². The quantitative estimate of drug-likeness (QED) is 0.173. The van der Waals surface area contributed by atoms with E-state index in [0.29, 0.717) is 17.5 Å². The van der Waals surface area contributed by atoms with Gasteiger partial charge in [-0.15, -0.1) is 11.3 Å². The number of rotatable bonds is 5. The fourth-order valence-electron chi connectivity index (χ4n) is 10.4. The van der Waals surface area contributed by atoms with E-state index in [1.165, 1.54) is 69.0 Å². The fourth-order valence-corrected chi connectivity index (χ4v) is 11.6. The van der Waals surface area contributed by atoms with Gasteiger partial charge >= 0.3 is 0 Å². The zero-order valence-electron chi connectivity index (χ0n) is 34.9. The molecule has 4 aromatic heterocycles. The van der Waals surface area contributed by atoms with E-state index in [4.69, 9.17) is 15.0 Å². The minimum atomic E-state index is 0.632. The van der Waals surface area contributed by atoms with Crippen molar-refractivity contribution in [1.82, 2.24) is 24.1 Å². The summed E-state index contributed by atoms with van der Waals surface area (Å²) in [5.74, 6) is 1.91. The molecule has 0 aliphatic rings. The molecule has 0 aliphatic heterocycles. The Balaban J connectivity index is 1.15. The fraction of sp³-hybridized carbons (Fsp3) is 0. The van der Waals surface area contributed by atoms with Crippen LogP contribution in [0.5, 0.6) is 0 Å². The summed E-state index contributed by atoms with van der Waals surface area (Å²) in [6.45, 7) is 0. The summed E-state index contributed by atoms with van der Waals surface area (Å²) < 4.78 is 7.64. The van der Waals surface area contributed by atoms with Gasteiger partial charge in [0.2, 0.25) is 0 Å². The largest absolute Gasteiger partial charge is 0.307 e. The van der Waals surface area contributed by atoms with Crippen molar-refractivity contribution < 1.29 is 0 Å². The Kier molecular flexibility index (Phi) is 7.79. The van der Waals surface area contributed by atoms with Gasteiger partial charge in [0.1, 0.15) is 0 Å². The van der Waals surface area contributed by atoms with Crippen LogP contribution in [0.3, 0.4) is 0 Å². The maximum Gasteiger partial charge on any atom is 0.164 e. The second kappa shape index (κ2) is 14.0. The molecule has 0 saturated heterocycles. The summed E-state index contributed by atoms with van der Waals surface area (Å²) >= 11 is 1.88. The third-order valence-corrected chi connectivity index (χ3v) is 14.3. The highest BCUT2D eigenvalue weighted by Crippen LogP contribution is 2.51. The Morgan fingerprint density at radius 1 is 0.308 bits per heavy atom. The van der Waals surface area contributed by atoms with Gasteiger partial charge in [0.15, 0.2) is 17.5 Å². The number of hydrogen-bond donors (Lipinski definition) is 0. The molecule has 0 fully saturated rings. The van der Waals surface area contributed by atoms with E-state index in [2.05, 4.69) is 185 Å². The molecule has 0 saturated carbocycles. The molecule has 0 radical (unpaired) electrons. The Bertz CT molecular complexity index is 4170. The average Bonchev–Trinajstić information content (AvgIpc) is 4.05. The van der Waals surface area contributed by atoms with Gasteiger partial charge < -0.3 is 9.13 Å². The zero-order valence-corrected chi connectivity index (χ0v) is 35.7. The van der Waals surface area contributed by atoms with E-state index in [9.17, 15) is 0 Å². The molecular formula is C59H35N5S. The SMILES string of the molecule is c1ccc(-c2nc(-c3ccccc3)nc(-c3ccc(-n4c5ccccc5c5c6ccc7sc8ccccc8c7c6c6c7ccccc7n(-c7ccccc7)c6c54)c4ccccc34)n2)cc1. The van der Waals surface area contributed by atoms with Crippen molar-refractivity contribution in [2.45, 2.75) is 0 Å². The number of aromatic nitrogens is 5. The molecule has 0 N–H and O–H groups in total. The lowest BCUT2D eigenvalue weighted by Crippen LogP contribution is -2.02. The Labute approximate surface area is 376 Å². The molecule has 14 aromatic rings. The molecule has 4 heterocycles. The van der Waals surface area contributed by atoms with Crippen LogP contribution in [0.4, 0.5) is 0 Å². The van der Waals surface area contributed by atoms with Crippen LogP contribution in [0.1, 0.15) is 0 Å². The summed E-state index contributed by atoms with van der Waals surface area (Å²) in [5, 5.41) is 12.3. The molecule has 14 rings (SSSR count). The van der Waals surface area contributed by atoms with E-state index in [0.717, 1.165) is 44.4 Å². The molecule has 0 aliphatic carbocycles. The average molecular weight is 846 g/mol. The number of para-hydroxylation sites is 3. The molecular weight excluding hydrogens is 811 g/mol. The standard InChI is InChI=1S/C59H35N5S/c1-4-18-36(19-5-1)57-60-58(37-20-6-2-7-21-37)62-59(61-57)41-32-34-48(40-25-11-10-24-39(40)41)64-47-30-16-12-26-42(47)51-45-33-35-50-52(44-28-14-17-31-49(44)65-50)53(45)54-43-27-13-15-29-46(43)63(56(54)55(51)64)38-22-8-3-9-23-38/h1-35H. The van der Waals surface area contributed by atoms with Crippen molar-refractivity contribution in [3.63, 3.8) is 0 Å². The van der Waals surface area contributed by atoms with Crippen molar-refractivity contribution in [2.75, 3.05) is 0 Å². The van der Waals surface area contributed by atoms with Gasteiger partial charge in [-0.1, -0.05) is 164 Å². The van der Waals surface area contributed by atoms with Gasteiger partial charge in [-0.3, -0.25) is 0 Å². The Morgan fingerprint density at radius 3 is 1.52 bits per heavy atom. The molecule has 0 spiro atoms. The molecule has 10 aromatic carbocycles. The predicted molar refractivity (Wildman–Crippen MR) is 273 cm³/mol. The molecule has 6 heteroatoms. The molecule has 0 amide bonds. The number of nitrogens with zero attached hydrogens (tertiary/aromatic N) is 5. The van der Waals surface area contributed by atoms with Crippen LogP contribution < -0.4 is 0 Å². The first-order valence-corrected chi connectivity index (χ1v) is 22.8. The van der Waals surface area contributed by atoms with E-state index in [1.54, 1.807) is 0 Å². The van der Waals surface area contributed by atoms with E-state index >= 15 is 0 Å². The highest BCUT2D eigenvalue weighted by atomic mass is 32.1. The number of thiophene rings is 1. The highest BCUT2D eigenvalue weighted by molar-refractivity contribution is 7.26. The van der Waals surface area contributed by atoms with E-state index in [-0.39, 0.29) is 0 Å². The van der Waals surface area contributed by atoms with Crippen molar-refractivity contribution in [3.05, 3.63) is 212 Å². The van der Waals surface area contributed by atoms with Crippen LogP contribution in [0.2, 0.25) is 0 Å². The van der Waals surface area contributed by atoms with Crippen LogP contribution in [0, 0.1) is 0 Å². The summed E-state index contributed by atoms with van der Waals surface area (Å²) in [6.07, 6.45) is 0. The third-order valence-electron chi connectivity index (χ3n) is 13.1. The first-order chi connectivity index (χ1) is 32.3. The van der Waals surface area contributed by atoms with Crippen LogP contribution in [0.15, 0.2) is 212 Å². The summed E-state index contributed by atoms with van der Waals surface area (Å²) in [7, 11) is 0. The minimum Gasteiger partial charge on any atom is -0.307 e. The molecule has 65 heavy (non-hydrogen) atoms. The highest BCUT2D eigenvalue weighted by Gasteiger charge is 2.27. The molecule has 0 unspecified atom stereocenters. The van der Waals surface area contributed by atoms with Crippen LogP contribution in [-0.2, 0) is 0 Å². The van der Waals surface area contributed by atoms with Gasteiger partial charge in [0.05, 0.1) is 27.8 Å². The van der Waals surface area contributed by atoms with Gasteiger partial charge in [-0.05, 0) is 59.3 Å². The maximum absolute atomic E-state index is 5.20. The topological polar surface area (TPSA) is 48.5 Å². The Morgan fingerprint density at radius 2 is 0.831 bits per heavy atom. The lowest BCUT2D eigenvalue weighted by Gasteiger charge is -2.17. The Hall–Kier alpha value is -8.45. The first-order valence-electron chi connectivity index (χ1n) is 22.0.